The van der Waals surface area contributed by atoms with Gasteiger partial charge in [0.05, 0.1) is 5.56 Å². The number of hydrogen-bond donors (Lipinski definition) is 1. The summed E-state index contributed by atoms with van der Waals surface area (Å²) >= 11 is 0. The molecule has 5 heteroatoms. The van der Waals surface area contributed by atoms with Crippen LogP contribution in [0.1, 0.15) is 24.8 Å². The summed E-state index contributed by atoms with van der Waals surface area (Å²) in [6, 6.07) is 3.01. The molecule has 1 saturated heterocycles. The van der Waals surface area contributed by atoms with Crippen LogP contribution < -0.4 is 10.6 Å². The second-order valence-corrected chi connectivity index (χ2v) is 4.31. The Hall–Kier alpha value is -1.23. The molecule has 1 aliphatic heterocycles. The quantitative estimate of drug-likeness (QED) is 0.878. The summed E-state index contributed by atoms with van der Waals surface area (Å²) in [5, 5.41) is 0. The molecule has 17 heavy (non-hydrogen) atoms. The molecule has 0 atom stereocenters. The first-order valence-corrected chi connectivity index (χ1v) is 5.93. The van der Waals surface area contributed by atoms with Gasteiger partial charge in [0, 0.05) is 25.7 Å². The molecule has 1 aromatic heterocycles. The zero-order valence-corrected chi connectivity index (χ0v) is 9.70. The highest BCUT2D eigenvalue weighted by Gasteiger charge is 2.35. The van der Waals surface area contributed by atoms with Crippen LogP contribution in [0.5, 0.6) is 0 Å². The maximum atomic E-state index is 13.9. The summed E-state index contributed by atoms with van der Waals surface area (Å²) in [6.45, 7) is 1.59. The van der Waals surface area contributed by atoms with Crippen LogP contribution in [-0.4, -0.2) is 24.6 Å². The van der Waals surface area contributed by atoms with Gasteiger partial charge >= 0.3 is 0 Å². The average molecular weight is 241 g/mol. The van der Waals surface area contributed by atoms with Crippen molar-refractivity contribution in [3.8, 4) is 0 Å². The molecule has 0 radical (unpaired) electrons. The molecule has 1 fully saturated rings. The number of anilines is 1. The smallest absolute Gasteiger partial charge is 0.278 e. The molecule has 0 aliphatic carbocycles. The van der Waals surface area contributed by atoms with Crippen molar-refractivity contribution in [3.05, 3.63) is 23.9 Å². The molecule has 0 spiro atoms. The molecule has 0 aromatic carbocycles. The molecule has 0 saturated carbocycles. The van der Waals surface area contributed by atoms with Gasteiger partial charge in [0.1, 0.15) is 5.82 Å². The summed E-state index contributed by atoms with van der Waals surface area (Å²) in [7, 11) is 0. The van der Waals surface area contributed by atoms with Gasteiger partial charge in [0.2, 0.25) is 0 Å². The van der Waals surface area contributed by atoms with Gasteiger partial charge in [-0.15, -0.1) is 0 Å². The number of alkyl halides is 2. The van der Waals surface area contributed by atoms with E-state index < -0.39 is 5.92 Å². The predicted octanol–water partition coefficient (Wildman–Crippen LogP) is 2.12. The average Bonchev–Trinajstić information content (AvgIpc) is 2.82. The lowest BCUT2D eigenvalue weighted by molar-refractivity contribution is -0.0104. The summed E-state index contributed by atoms with van der Waals surface area (Å²) in [5.74, 6) is -2.47. The summed E-state index contributed by atoms with van der Waals surface area (Å²) < 4.78 is 27.8. The van der Waals surface area contributed by atoms with E-state index in [2.05, 4.69) is 4.98 Å². The Labute approximate surface area is 99.6 Å². The zero-order chi connectivity index (χ0) is 12.3. The highest BCUT2D eigenvalue weighted by Crippen LogP contribution is 2.37. The number of rotatable bonds is 4. The highest BCUT2D eigenvalue weighted by molar-refractivity contribution is 5.49. The van der Waals surface area contributed by atoms with Crippen molar-refractivity contribution in [2.45, 2.75) is 25.2 Å². The van der Waals surface area contributed by atoms with E-state index in [1.54, 1.807) is 12.3 Å². The molecule has 0 amide bonds. The Morgan fingerprint density at radius 1 is 1.35 bits per heavy atom. The monoisotopic (exact) mass is 241 g/mol. The lowest BCUT2D eigenvalue weighted by Gasteiger charge is -2.24. The number of hydrogen-bond acceptors (Lipinski definition) is 3. The minimum Gasteiger partial charge on any atom is -0.356 e. The molecule has 2 rings (SSSR count). The minimum absolute atomic E-state index is 0.00681. The summed E-state index contributed by atoms with van der Waals surface area (Å²) in [5.41, 5.74) is 5.25. The van der Waals surface area contributed by atoms with Crippen LogP contribution in [0.2, 0.25) is 0 Å². The molecule has 3 nitrogen and oxygen atoms in total. The molecule has 2 N–H and O–H groups in total. The molecule has 0 bridgehead atoms. The van der Waals surface area contributed by atoms with E-state index in [1.807, 2.05) is 4.90 Å². The van der Waals surface area contributed by atoms with Gasteiger partial charge in [-0.1, -0.05) is 0 Å². The van der Waals surface area contributed by atoms with Crippen molar-refractivity contribution < 1.29 is 8.78 Å². The lowest BCUT2D eigenvalue weighted by Crippen LogP contribution is -2.26. The van der Waals surface area contributed by atoms with Crippen LogP contribution >= 0.6 is 0 Å². The second kappa shape index (κ2) is 4.96. The van der Waals surface area contributed by atoms with E-state index in [0.717, 1.165) is 25.9 Å². The zero-order valence-electron chi connectivity index (χ0n) is 9.70. The largest absolute Gasteiger partial charge is 0.356 e. The number of nitrogens with zero attached hydrogens (tertiary/aromatic N) is 2. The van der Waals surface area contributed by atoms with Crippen LogP contribution in [0.4, 0.5) is 14.6 Å². The Bertz CT molecular complexity index is 376. The summed E-state index contributed by atoms with van der Waals surface area (Å²) in [4.78, 5) is 6.04. The Morgan fingerprint density at radius 3 is 2.71 bits per heavy atom. The molecular formula is C12H17F2N3. The first-order chi connectivity index (χ1) is 8.15. The van der Waals surface area contributed by atoms with Gasteiger partial charge in [-0.3, -0.25) is 0 Å². The Morgan fingerprint density at radius 2 is 2.06 bits per heavy atom. The van der Waals surface area contributed by atoms with Gasteiger partial charge in [-0.2, -0.15) is 0 Å². The van der Waals surface area contributed by atoms with Gasteiger partial charge in [-0.25, -0.2) is 13.8 Å². The van der Waals surface area contributed by atoms with Crippen molar-refractivity contribution in [2.75, 3.05) is 24.5 Å². The molecule has 94 valence electrons. The van der Waals surface area contributed by atoms with Crippen molar-refractivity contribution in [3.63, 3.8) is 0 Å². The SMILES string of the molecule is NCCC(F)(F)c1cccnc1N1CCCC1. The number of pyridine rings is 1. The standard InChI is InChI=1S/C12H17F2N3/c13-12(14,5-6-15)10-4-3-7-16-11(10)17-8-1-2-9-17/h3-4,7H,1-2,5-6,8-9,15H2. The van der Waals surface area contributed by atoms with E-state index in [-0.39, 0.29) is 18.5 Å². The van der Waals surface area contributed by atoms with Crippen LogP contribution in [0.3, 0.4) is 0 Å². The number of nitrogens with two attached hydrogens (primary N) is 1. The molecular weight excluding hydrogens is 224 g/mol. The number of halogens is 2. The van der Waals surface area contributed by atoms with Crippen molar-refractivity contribution in [1.82, 2.24) is 4.98 Å². The van der Waals surface area contributed by atoms with Gasteiger partial charge in [0.25, 0.3) is 5.92 Å². The highest BCUT2D eigenvalue weighted by atomic mass is 19.3. The van der Waals surface area contributed by atoms with Gasteiger partial charge < -0.3 is 10.6 Å². The second-order valence-electron chi connectivity index (χ2n) is 4.31. The lowest BCUT2D eigenvalue weighted by atomic mass is 10.1. The third kappa shape index (κ3) is 2.54. The van der Waals surface area contributed by atoms with Crippen LogP contribution in [0.15, 0.2) is 18.3 Å². The maximum Gasteiger partial charge on any atom is 0.278 e. The fraction of sp³-hybridized carbons (Fsp3) is 0.583. The van der Waals surface area contributed by atoms with Crippen LogP contribution in [-0.2, 0) is 5.92 Å². The minimum atomic E-state index is -2.89. The van der Waals surface area contributed by atoms with Crippen LogP contribution in [0, 0.1) is 0 Å². The molecule has 0 unspecified atom stereocenters. The molecule has 2 heterocycles. The topological polar surface area (TPSA) is 42.1 Å². The maximum absolute atomic E-state index is 13.9. The molecule has 1 aromatic rings. The third-order valence-corrected chi connectivity index (χ3v) is 3.04. The normalized spacial score (nSPS) is 16.5. The predicted molar refractivity (Wildman–Crippen MR) is 63.2 cm³/mol. The Kier molecular flexibility index (Phi) is 3.57. The Balaban J connectivity index is 2.32. The van der Waals surface area contributed by atoms with Crippen LogP contribution in [0.25, 0.3) is 0 Å². The fourth-order valence-corrected chi connectivity index (χ4v) is 2.18. The first-order valence-electron chi connectivity index (χ1n) is 5.93. The van der Waals surface area contributed by atoms with E-state index >= 15 is 0 Å². The number of aromatic nitrogens is 1. The van der Waals surface area contributed by atoms with E-state index in [9.17, 15) is 8.78 Å². The summed E-state index contributed by atoms with van der Waals surface area (Å²) in [6.07, 6.45) is 3.31. The molecule has 1 aliphatic rings. The van der Waals surface area contributed by atoms with Gasteiger partial charge in [-0.05, 0) is 31.5 Å². The van der Waals surface area contributed by atoms with Crippen molar-refractivity contribution >= 4 is 5.82 Å². The fourth-order valence-electron chi connectivity index (χ4n) is 2.18. The van der Waals surface area contributed by atoms with Crippen molar-refractivity contribution in [1.29, 1.82) is 0 Å². The van der Waals surface area contributed by atoms with E-state index in [4.69, 9.17) is 5.73 Å². The first kappa shape index (κ1) is 12.2. The van der Waals surface area contributed by atoms with Gasteiger partial charge in [0.15, 0.2) is 0 Å². The van der Waals surface area contributed by atoms with E-state index in [0.29, 0.717) is 5.82 Å². The van der Waals surface area contributed by atoms with E-state index in [1.165, 1.54) is 6.07 Å². The van der Waals surface area contributed by atoms with Crippen molar-refractivity contribution in [2.24, 2.45) is 5.73 Å². The third-order valence-electron chi connectivity index (χ3n) is 3.04.